The number of fused-ring (bicyclic) bond motifs is 1. The summed E-state index contributed by atoms with van der Waals surface area (Å²) in [5.74, 6) is 1.09. The second-order valence-corrected chi connectivity index (χ2v) is 9.91. The van der Waals surface area contributed by atoms with Crippen molar-refractivity contribution < 1.29 is 23.8 Å². The smallest absolute Gasteiger partial charge is 0.307 e. The molecule has 3 rings (SSSR count). The molecule has 1 amide bonds. The molecule has 38 heavy (non-hydrogen) atoms. The van der Waals surface area contributed by atoms with Gasteiger partial charge in [-0.15, -0.1) is 0 Å². The summed E-state index contributed by atoms with van der Waals surface area (Å²) in [5, 5.41) is 3.15. The largest absolute Gasteiger partial charge is 0.493 e. The van der Waals surface area contributed by atoms with Crippen molar-refractivity contribution in [3.05, 3.63) is 53.1 Å². The maximum atomic E-state index is 12.7. The number of hydrogen-bond acceptors (Lipinski definition) is 6. The number of anilines is 1. The molecular formula is C31H44N2O5. The number of methoxy groups -OCH3 is 2. The third kappa shape index (κ3) is 8.22. The Morgan fingerprint density at radius 1 is 0.947 bits per heavy atom. The Kier molecular flexibility index (Phi) is 11.9. The Morgan fingerprint density at radius 3 is 2.42 bits per heavy atom. The third-order valence-electron chi connectivity index (χ3n) is 7.19. The van der Waals surface area contributed by atoms with Crippen LogP contribution in [0.2, 0.25) is 0 Å². The number of benzene rings is 2. The van der Waals surface area contributed by atoms with E-state index in [4.69, 9.17) is 14.2 Å². The topological polar surface area (TPSA) is 77.1 Å². The molecule has 0 saturated heterocycles. The van der Waals surface area contributed by atoms with Crippen LogP contribution in [0, 0.1) is 0 Å². The van der Waals surface area contributed by atoms with Gasteiger partial charge in [0.25, 0.3) is 0 Å². The number of carbonyl (C=O) groups excluding carboxylic acids is 2. The molecule has 1 atom stereocenters. The molecule has 1 aliphatic rings. The highest BCUT2D eigenvalue weighted by atomic mass is 16.5. The van der Waals surface area contributed by atoms with E-state index >= 15 is 0 Å². The lowest BCUT2D eigenvalue weighted by atomic mass is 10.0. The molecule has 7 heteroatoms. The molecule has 2 aromatic rings. The van der Waals surface area contributed by atoms with Crippen LogP contribution in [-0.4, -0.2) is 37.6 Å². The van der Waals surface area contributed by atoms with Crippen molar-refractivity contribution in [1.82, 2.24) is 4.90 Å². The molecule has 0 bridgehead atoms. The van der Waals surface area contributed by atoms with E-state index in [1.54, 1.807) is 7.11 Å². The lowest BCUT2D eigenvalue weighted by Gasteiger charge is -2.28. The molecule has 0 aliphatic carbocycles. The molecule has 208 valence electrons. The van der Waals surface area contributed by atoms with E-state index in [2.05, 4.69) is 23.2 Å². The van der Waals surface area contributed by atoms with Crippen molar-refractivity contribution in [2.24, 2.45) is 0 Å². The lowest BCUT2D eigenvalue weighted by molar-refractivity contribution is -0.142. The van der Waals surface area contributed by atoms with Crippen LogP contribution < -0.4 is 14.8 Å². The van der Waals surface area contributed by atoms with Gasteiger partial charge >= 0.3 is 5.97 Å². The van der Waals surface area contributed by atoms with Crippen molar-refractivity contribution in [2.45, 2.75) is 90.8 Å². The van der Waals surface area contributed by atoms with Gasteiger partial charge in [0.2, 0.25) is 5.91 Å². The second-order valence-electron chi connectivity index (χ2n) is 9.91. The molecule has 7 nitrogen and oxygen atoms in total. The van der Waals surface area contributed by atoms with Gasteiger partial charge in [-0.05, 0) is 48.2 Å². The van der Waals surface area contributed by atoms with Gasteiger partial charge in [0.1, 0.15) is 0 Å². The van der Waals surface area contributed by atoms with Gasteiger partial charge < -0.3 is 19.5 Å². The molecule has 0 radical (unpaired) electrons. The molecule has 1 N–H and O–H groups in total. The summed E-state index contributed by atoms with van der Waals surface area (Å²) in [7, 11) is 3.03. The minimum Gasteiger partial charge on any atom is -0.493 e. The van der Waals surface area contributed by atoms with Gasteiger partial charge in [-0.1, -0.05) is 63.6 Å². The minimum absolute atomic E-state index is 0.0630. The summed E-state index contributed by atoms with van der Waals surface area (Å²) < 4.78 is 16.3. The fourth-order valence-corrected chi connectivity index (χ4v) is 5.11. The number of nitrogens with zero attached hydrogens (tertiary/aromatic N) is 1. The number of hydrogen-bond donors (Lipinski definition) is 1. The van der Waals surface area contributed by atoms with Gasteiger partial charge in [-0.25, -0.2) is 0 Å². The predicted octanol–water partition coefficient (Wildman–Crippen LogP) is 6.79. The van der Waals surface area contributed by atoms with Crippen molar-refractivity contribution in [2.75, 3.05) is 26.1 Å². The molecule has 1 heterocycles. The zero-order valence-corrected chi connectivity index (χ0v) is 23.5. The van der Waals surface area contributed by atoms with Crippen molar-refractivity contribution in [3.8, 4) is 11.5 Å². The van der Waals surface area contributed by atoms with E-state index in [-0.39, 0.29) is 24.3 Å². The summed E-state index contributed by atoms with van der Waals surface area (Å²) in [6.07, 6.45) is 9.04. The van der Waals surface area contributed by atoms with Gasteiger partial charge in [-0.3, -0.25) is 14.5 Å². The molecule has 0 spiro atoms. The molecule has 1 unspecified atom stereocenters. The standard InChI is InChI=1S/C31H44N2O5/c1-5-7-8-9-10-11-12-16-30(34)32-26-15-13-14-24-21-33(22-25(24)26)27(20-31(35)37-4)23-17-18-28(36-3)29(19-23)38-6-2/h13-15,17-19,27H,5-12,16,20-22H2,1-4H3,(H,32,34). The van der Waals surface area contributed by atoms with Gasteiger partial charge in [-0.2, -0.15) is 0 Å². The van der Waals surface area contributed by atoms with Crippen LogP contribution in [0.15, 0.2) is 36.4 Å². The average molecular weight is 525 g/mol. The fourth-order valence-electron chi connectivity index (χ4n) is 5.11. The Bertz CT molecular complexity index is 1050. The summed E-state index contributed by atoms with van der Waals surface area (Å²) >= 11 is 0. The van der Waals surface area contributed by atoms with Crippen molar-refractivity contribution in [3.63, 3.8) is 0 Å². The monoisotopic (exact) mass is 524 g/mol. The zero-order chi connectivity index (χ0) is 27.3. The maximum Gasteiger partial charge on any atom is 0.307 e. The highest BCUT2D eigenvalue weighted by Gasteiger charge is 2.31. The number of carbonyl (C=O) groups is 2. The van der Waals surface area contributed by atoms with Crippen LogP contribution in [0.5, 0.6) is 11.5 Å². The number of rotatable bonds is 16. The number of amides is 1. The van der Waals surface area contributed by atoms with E-state index in [1.807, 2.05) is 37.3 Å². The Balaban J connectivity index is 1.70. The SMILES string of the molecule is CCCCCCCCCC(=O)Nc1cccc2c1CN(C(CC(=O)OC)c1ccc(OC)c(OCC)c1)C2. The van der Waals surface area contributed by atoms with Gasteiger partial charge in [0, 0.05) is 31.2 Å². The first kappa shape index (κ1) is 29.5. The second kappa shape index (κ2) is 15.4. The van der Waals surface area contributed by atoms with E-state index in [9.17, 15) is 9.59 Å². The summed E-state index contributed by atoms with van der Waals surface area (Å²) in [6, 6.07) is 11.6. The third-order valence-corrected chi connectivity index (χ3v) is 7.19. The van der Waals surface area contributed by atoms with Crippen LogP contribution in [-0.2, 0) is 27.4 Å². The number of esters is 1. The number of ether oxygens (including phenoxy) is 3. The molecule has 0 saturated carbocycles. The lowest BCUT2D eigenvalue weighted by Crippen LogP contribution is -2.26. The summed E-state index contributed by atoms with van der Waals surface area (Å²) in [4.78, 5) is 27.4. The first-order valence-electron chi connectivity index (χ1n) is 14.0. The normalized spacial score (nSPS) is 13.6. The number of unbranched alkanes of at least 4 members (excludes halogenated alkanes) is 6. The van der Waals surface area contributed by atoms with E-state index < -0.39 is 0 Å². The van der Waals surface area contributed by atoms with Crippen molar-refractivity contribution in [1.29, 1.82) is 0 Å². The Hall–Kier alpha value is -3.06. The molecule has 0 fully saturated rings. The summed E-state index contributed by atoms with van der Waals surface area (Å²) in [5.41, 5.74) is 4.08. The molecule has 2 aromatic carbocycles. The van der Waals surface area contributed by atoms with Crippen LogP contribution in [0.3, 0.4) is 0 Å². The highest BCUT2D eigenvalue weighted by molar-refractivity contribution is 5.91. The van der Waals surface area contributed by atoms with E-state index in [0.717, 1.165) is 35.2 Å². The molecular weight excluding hydrogens is 480 g/mol. The zero-order valence-electron chi connectivity index (χ0n) is 23.5. The molecule has 1 aliphatic heterocycles. The average Bonchev–Trinajstić information content (AvgIpc) is 3.36. The van der Waals surface area contributed by atoms with Crippen LogP contribution in [0.4, 0.5) is 5.69 Å². The molecule has 0 aromatic heterocycles. The number of nitrogens with one attached hydrogen (secondary N) is 1. The van der Waals surface area contributed by atoms with Crippen LogP contribution >= 0.6 is 0 Å². The van der Waals surface area contributed by atoms with E-state index in [0.29, 0.717) is 37.6 Å². The first-order valence-corrected chi connectivity index (χ1v) is 14.0. The summed E-state index contributed by atoms with van der Waals surface area (Å²) in [6.45, 7) is 5.97. The van der Waals surface area contributed by atoms with E-state index in [1.165, 1.54) is 39.2 Å². The predicted molar refractivity (Wildman–Crippen MR) is 150 cm³/mol. The highest BCUT2D eigenvalue weighted by Crippen LogP contribution is 2.39. The maximum absolute atomic E-state index is 12.7. The van der Waals surface area contributed by atoms with Crippen LogP contribution in [0.25, 0.3) is 0 Å². The minimum atomic E-state index is -0.275. The quantitative estimate of drug-likeness (QED) is 0.192. The van der Waals surface area contributed by atoms with Crippen LogP contribution in [0.1, 0.15) is 94.4 Å². The van der Waals surface area contributed by atoms with Gasteiger partial charge in [0.15, 0.2) is 11.5 Å². The first-order chi connectivity index (χ1) is 18.5. The fraction of sp³-hybridized carbons (Fsp3) is 0.548. The Morgan fingerprint density at radius 2 is 1.71 bits per heavy atom. The Labute approximate surface area is 227 Å². The van der Waals surface area contributed by atoms with Gasteiger partial charge in [0.05, 0.1) is 27.2 Å². The van der Waals surface area contributed by atoms with Crippen molar-refractivity contribution >= 4 is 17.6 Å².